The highest BCUT2D eigenvalue weighted by Crippen LogP contribution is 2.04. The van der Waals surface area contributed by atoms with Crippen LogP contribution in [0.4, 0.5) is 0 Å². The molecule has 84 valence electrons. The summed E-state index contributed by atoms with van der Waals surface area (Å²) in [6.07, 6.45) is 0. The third-order valence-electron chi connectivity index (χ3n) is 2.44. The molecule has 0 unspecified atom stereocenters. The van der Waals surface area contributed by atoms with Crippen molar-refractivity contribution in [1.82, 2.24) is 0 Å². The molecule has 16 heavy (non-hydrogen) atoms. The minimum absolute atomic E-state index is 1.30. The predicted octanol–water partition coefficient (Wildman–Crippen LogP) is 4.90. The van der Waals surface area contributed by atoms with Gasteiger partial charge < -0.3 is 0 Å². The van der Waals surface area contributed by atoms with E-state index in [0.29, 0.717) is 0 Å². The molecule has 2 aromatic carbocycles. The zero-order valence-corrected chi connectivity index (χ0v) is 12.2. The summed E-state index contributed by atoms with van der Waals surface area (Å²) < 4.78 is 1.30. The molecule has 0 nitrogen and oxygen atoms in total. The summed E-state index contributed by atoms with van der Waals surface area (Å²) in [6, 6.07) is 16.8. The highest BCUT2D eigenvalue weighted by Gasteiger charge is 1.84. The van der Waals surface area contributed by atoms with Crippen molar-refractivity contribution in [3.05, 3.63) is 68.8 Å². The Bertz CT molecular complexity index is 387. The van der Waals surface area contributed by atoms with Gasteiger partial charge in [-0.15, -0.1) is 0 Å². The molecule has 0 aromatic heterocycles. The minimum Gasteiger partial charge on any atom is -0.0620 e. The molecule has 0 fully saturated rings. The molecule has 2 aromatic rings. The zero-order chi connectivity index (χ0) is 12.0. The Hall–Kier alpha value is -0.830. The fourth-order valence-corrected chi connectivity index (χ4v) is 1.56. The van der Waals surface area contributed by atoms with Gasteiger partial charge >= 0.3 is 0 Å². The Morgan fingerprint density at radius 3 is 1.44 bits per heavy atom. The monoisotopic (exact) mass is 324 g/mol. The van der Waals surface area contributed by atoms with E-state index in [-0.39, 0.29) is 0 Å². The number of halogens is 1. The van der Waals surface area contributed by atoms with Gasteiger partial charge in [0, 0.05) is 3.57 Å². The van der Waals surface area contributed by atoms with Gasteiger partial charge in [0.1, 0.15) is 0 Å². The normalized spacial score (nSPS) is 9.25. The first-order chi connectivity index (χ1) is 7.59. The lowest BCUT2D eigenvalue weighted by molar-refractivity contribution is 1.34. The average Bonchev–Trinajstić information content (AvgIpc) is 2.28. The van der Waals surface area contributed by atoms with Crippen LogP contribution >= 0.6 is 22.6 Å². The van der Waals surface area contributed by atoms with E-state index in [1.165, 1.54) is 20.3 Å². The molecule has 0 bridgehead atoms. The summed E-state index contributed by atoms with van der Waals surface area (Å²) >= 11 is 2.30. The lowest BCUT2D eigenvalue weighted by Gasteiger charge is -1.93. The van der Waals surface area contributed by atoms with Gasteiger partial charge in [-0.05, 0) is 66.6 Å². The van der Waals surface area contributed by atoms with Crippen LogP contribution in [-0.2, 0) is 0 Å². The summed E-state index contributed by atoms with van der Waals surface area (Å²) in [5, 5.41) is 0. The Kier molecular flexibility index (Phi) is 5.53. The highest BCUT2D eigenvalue weighted by atomic mass is 127. The first-order valence-electron chi connectivity index (χ1n) is 5.34. The summed E-state index contributed by atoms with van der Waals surface area (Å²) in [5.74, 6) is 0. The second-order valence-electron chi connectivity index (χ2n) is 3.88. The van der Waals surface area contributed by atoms with Gasteiger partial charge in [-0.3, -0.25) is 0 Å². The van der Waals surface area contributed by atoms with Crippen molar-refractivity contribution < 1.29 is 0 Å². The number of rotatable bonds is 0. The molecule has 0 amide bonds. The molecule has 0 aliphatic carbocycles. The molecule has 0 radical (unpaired) electrons. The molecule has 0 N–H and O–H groups in total. The average molecular weight is 324 g/mol. The number of hydrogen-bond donors (Lipinski definition) is 0. The Balaban J connectivity index is 0.000000160. The van der Waals surface area contributed by atoms with Gasteiger partial charge in [0.2, 0.25) is 0 Å². The maximum absolute atomic E-state index is 2.30. The van der Waals surface area contributed by atoms with E-state index in [4.69, 9.17) is 0 Å². The van der Waals surface area contributed by atoms with E-state index in [1.54, 1.807) is 0 Å². The Morgan fingerprint density at radius 2 is 1.12 bits per heavy atom. The van der Waals surface area contributed by atoms with Gasteiger partial charge in [-0.25, -0.2) is 0 Å². The fourth-order valence-electron chi connectivity index (χ4n) is 1.20. The van der Waals surface area contributed by atoms with Crippen LogP contribution in [0.5, 0.6) is 0 Å². The van der Waals surface area contributed by atoms with E-state index < -0.39 is 0 Å². The van der Waals surface area contributed by atoms with E-state index in [9.17, 15) is 0 Å². The van der Waals surface area contributed by atoms with Crippen molar-refractivity contribution in [2.45, 2.75) is 20.8 Å². The Morgan fingerprint density at radius 1 is 0.688 bits per heavy atom. The maximum atomic E-state index is 2.30. The van der Waals surface area contributed by atoms with Gasteiger partial charge in [0.15, 0.2) is 0 Å². The molecule has 0 atom stereocenters. The van der Waals surface area contributed by atoms with Crippen molar-refractivity contribution in [3.63, 3.8) is 0 Å². The van der Waals surface area contributed by atoms with Crippen molar-refractivity contribution in [3.8, 4) is 0 Å². The smallest absolute Gasteiger partial charge is 0.0130 e. The van der Waals surface area contributed by atoms with Crippen LogP contribution in [0, 0.1) is 24.3 Å². The lowest BCUT2D eigenvalue weighted by atomic mass is 10.1. The summed E-state index contributed by atoms with van der Waals surface area (Å²) in [5.41, 5.74) is 4.06. The van der Waals surface area contributed by atoms with E-state index in [1.807, 2.05) is 0 Å². The SMILES string of the molecule is Cc1ccc(I)cc1.Cc1ccccc1C. The fraction of sp³-hybridized carbons (Fsp3) is 0.200. The third kappa shape index (κ3) is 4.79. The minimum atomic E-state index is 1.30. The topological polar surface area (TPSA) is 0 Å². The molecular weight excluding hydrogens is 307 g/mol. The van der Waals surface area contributed by atoms with Crippen LogP contribution in [0.2, 0.25) is 0 Å². The van der Waals surface area contributed by atoms with E-state index in [2.05, 4.69) is 91.9 Å². The molecule has 1 heteroatoms. The number of benzene rings is 2. The molecule has 0 aliphatic heterocycles. The zero-order valence-electron chi connectivity index (χ0n) is 10.00. The second-order valence-corrected chi connectivity index (χ2v) is 5.13. The predicted molar refractivity (Wildman–Crippen MR) is 79.8 cm³/mol. The van der Waals surface area contributed by atoms with Gasteiger partial charge in [-0.2, -0.15) is 0 Å². The van der Waals surface area contributed by atoms with Crippen LogP contribution < -0.4 is 0 Å². The molecule has 2 rings (SSSR count). The Labute approximate surface area is 112 Å². The second kappa shape index (κ2) is 6.69. The van der Waals surface area contributed by atoms with Gasteiger partial charge in [0.05, 0.1) is 0 Å². The third-order valence-corrected chi connectivity index (χ3v) is 3.16. The summed E-state index contributed by atoms with van der Waals surface area (Å²) in [6.45, 7) is 6.33. The van der Waals surface area contributed by atoms with Crippen molar-refractivity contribution in [2.24, 2.45) is 0 Å². The molecule has 0 aliphatic rings. The van der Waals surface area contributed by atoms with Gasteiger partial charge in [-0.1, -0.05) is 42.0 Å². The molecule has 0 spiro atoms. The standard InChI is InChI=1S/C8H10.C7H7I/c1-7-5-3-4-6-8(7)2;1-6-2-4-7(8)5-3-6/h3-6H,1-2H3;2-5H,1H3. The van der Waals surface area contributed by atoms with Crippen LogP contribution in [0.15, 0.2) is 48.5 Å². The molecule has 0 saturated carbocycles. The summed E-state index contributed by atoms with van der Waals surface area (Å²) in [4.78, 5) is 0. The highest BCUT2D eigenvalue weighted by molar-refractivity contribution is 14.1. The van der Waals surface area contributed by atoms with Crippen molar-refractivity contribution in [2.75, 3.05) is 0 Å². The molecule has 0 heterocycles. The maximum Gasteiger partial charge on any atom is 0.0130 e. The number of hydrogen-bond acceptors (Lipinski definition) is 0. The van der Waals surface area contributed by atoms with Crippen molar-refractivity contribution in [1.29, 1.82) is 0 Å². The van der Waals surface area contributed by atoms with Crippen LogP contribution in [0.1, 0.15) is 16.7 Å². The van der Waals surface area contributed by atoms with Crippen LogP contribution in [0.25, 0.3) is 0 Å². The largest absolute Gasteiger partial charge is 0.0620 e. The summed E-state index contributed by atoms with van der Waals surface area (Å²) in [7, 11) is 0. The van der Waals surface area contributed by atoms with E-state index in [0.717, 1.165) is 0 Å². The first kappa shape index (κ1) is 13.2. The molecule has 0 saturated heterocycles. The molecular formula is C15H17I. The van der Waals surface area contributed by atoms with E-state index >= 15 is 0 Å². The van der Waals surface area contributed by atoms with Crippen LogP contribution in [0.3, 0.4) is 0 Å². The quantitative estimate of drug-likeness (QED) is 0.605. The van der Waals surface area contributed by atoms with Crippen molar-refractivity contribution >= 4 is 22.6 Å². The lowest BCUT2D eigenvalue weighted by Crippen LogP contribution is -1.74. The van der Waals surface area contributed by atoms with Crippen LogP contribution in [-0.4, -0.2) is 0 Å². The number of aryl methyl sites for hydroxylation is 3. The van der Waals surface area contributed by atoms with Gasteiger partial charge in [0.25, 0.3) is 0 Å². The first-order valence-corrected chi connectivity index (χ1v) is 6.42.